The van der Waals surface area contributed by atoms with Crippen LogP contribution in [0.5, 0.6) is 0 Å². The van der Waals surface area contributed by atoms with Crippen LogP contribution in [0.3, 0.4) is 0 Å². The minimum Gasteiger partial charge on any atom is -0.359 e. The predicted molar refractivity (Wildman–Crippen MR) is 76.4 cm³/mol. The summed E-state index contributed by atoms with van der Waals surface area (Å²) in [4.78, 5) is 34.3. The van der Waals surface area contributed by atoms with Gasteiger partial charge in [0.25, 0.3) is 5.91 Å². The molecular weight excluding hydrogens is 268 g/mol. The van der Waals surface area contributed by atoms with Crippen LogP contribution in [0.15, 0.2) is 18.6 Å². The molecule has 6 heteroatoms. The molecule has 3 rings (SSSR count). The van der Waals surface area contributed by atoms with Gasteiger partial charge in [0, 0.05) is 37.7 Å². The average Bonchev–Trinajstić information content (AvgIpc) is 3.14. The molecule has 1 saturated heterocycles. The molecule has 1 N–H and O–H groups in total. The summed E-state index contributed by atoms with van der Waals surface area (Å²) in [5.74, 6) is 0.0892. The zero-order valence-electron chi connectivity index (χ0n) is 12.2. The minimum atomic E-state index is -0.0585. The number of hydrogen-bond acceptors (Lipinski definition) is 4. The molecular formula is C15H20N4O2. The van der Waals surface area contributed by atoms with Crippen LogP contribution in [0.4, 0.5) is 0 Å². The molecule has 6 nitrogen and oxygen atoms in total. The maximum atomic E-state index is 12.5. The lowest BCUT2D eigenvalue weighted by Gasteiger charge is -2.30. The SMILES string of the molecule is CNC(=O)[C@H]1CCC[C@]12CCN(C(=O)c1ccncn1)C2. The van der Waals surface area contributed by atoms with Crippen LogP contribution >= 0.6 is 0 Å². The quantitative estimate of drug-likeness (QED) is 0.875. The zero-order valence-corrected chi connectivity index (χ0v) is 12.2. The Labute approximate surface area is 124 Å². The Bertz CT molecular complexity index is 548. The Kier molecular flexibility index (Phi) is 3.61. The van der Waals surface area contributed by atoms with Crippen molar-refractivity contribution in [2.75, 3.05) is 20.1 Å². The molecule has 112 valence electrons. The Morgan fingerprint density at radius 2 is 2.29 bits per heavy atom. The van der Waals surface area contributed by atoms with E-state index in [1.807, 2.05) is 4.90 Å². The number of hydrogen-bond donors (Lipinski definition) is 1. The zero-order chi connectivity index (χ0) is 14.9. The van der Waals surface area contributed by atoms with Gasteiger partial charge in [-0.05, 0) is 25.3 Å². The predicted octanol–water partition coefficient (Wildman–Crippen LogP) is 0.855. The summed E-state index contributed by atoms with van der Waals surface area (Å²) in [6, 6.07) is 1.64. The fourth-order valence-corrected chi connectivity index (χ4v) is 3.86. The lowest BCUT2D eigenvalue weighted by molar-refractivity contribution is -0.127. The minimum absolute atomic E-state index is 0.0331. The number of nitrogens with zero attached hydrogens (tertiary/aromatic N) is 3. The van der Waals surface area contributed by atoms with Gasteiger partial charge in [0.05, 0.1) is 0 Å². The Morgan fingerprint density at radius 3 is 3.00 bits per heavy atom. The van der Waals surface area contributed by atoms with E-state index in [9.17, 15) is 9.59 Å². The molecule has 0 bridgehead atoms. The molecule has 21 heavy (non-hydrogen) atoms. The summed E-state index contributed by atoms with van der Waals surface area (Å²) in [6.45, 7) is 1.37. The summed E-state index contributed by atoms with van der Waals surface area (Å²) in [5, 5.41) is 2.77. The third-order valence-corrected chi connectivity index (χ3v) is 4.94. The van der Waals surface area contributed by atoms with Crippen molar-refractivity contribution in [1.82, 2.24) is 20.2 Å². The second-order valence-electron chi connectivity index (χ2n) is 5.99. The van der Waals surface area contributed by atoms with Crippen LogP contribution in [0, 0.1) is 11.3 Å². The molecule has 0 radical (unpaired) electrons. The first kappa shape index (κ1) is 14.0. The number of likely N-dealkylation sites (tertiary alicyclic amines) is 1. The highest BCUT2D eigenvalue weighted by molar-refractivity contribution is 5.92. The second-order valence-corrected chi connectivity index (χ2v) is 5.99. The maximum absolute atomic E-state index is 12.5. The normalized spacial score (nSPS) is 28.0. The number of aromatic nitrogens is 2. The number of carbonyl (C=O) groups is 2. The molecule has 0 unspecified atom stereocenters. The number of carbonyl (C=O) groups excluding carboxylic acids is 2. The van der Waals surface area contributed by atoms with Crippen molar-refractivity contribution < 1.29 is 9.59 Å². The molecule has 1 aliphatic heterocycles. The third kappa shape index (κ3) is 2.39. The highest BCUT2D eigenvalue weighted by atomic mass is 16.2. The van der Waals surface area contributed by atoms with Crippen LogP contribution < -0.4 is 5.32 Å². The van der Waals surface area contributed by atoms with Crippen molar-refractivity contribution in [1.29, 1.82) is 0 Å². The first-order valence-electron chi connectivity index (χ1n) is 7.43. The van der Waals surface area contributed by atoms with Crippen LogP contribution in [0.2, 0.25) is 0 Å². The van der Waals surface area contributed by atoms with Crippen molar-refractivity contribution in [2.45, 2.75) is 25.7 Å². The van der Waals surface area contributed by atoms with Crippen LogP contribution in [0.1, 0.15) is 36.2 Å². The van der Waals surface area contributed by atoms with Crippen LogP contribution in [-0.2, 0) is 4.79 Å². The van der Waals surface area contributed by atoms with Crippen molar-refractivity contribution in [3.63, 3.8) is 0 Å². The molecule has 2 atom stereocenters. The van der Waals surface area contributed by atoms with E-state index in [0.717, 1.165) is 25.7 Å². The first-order valence-corrected chi connectivity index (χ1v) is 7.43. The lowest BCUT2D eigenvalue weighted by atomic mass is 9.76. The Morgan fingerprint density at radius 1 is 1.43 bits per heavy atom. The van der Waals surface area contributed by atoms with E-state index in [4.69, 9.17) is 0 Å². The van der Waals surface area contributed by atoms with E-state index in [1.54, 1.807) is 19.3 Å². The summed E-state index contributed by atoms with van der Waals surface area (Å²) in [5.41, 5.74) is 0.388. The molecule has 2 amide bonds. The van der Waals surface area contributed by atoms with Crippen molar-refractivity contribution in [3.8, 4) is 0 Å². The van der Waals surface area contributed by atoms with Gasteiger partial charge in [0.2, 0.25) is 5.91 Å². The van der Waals surface area contributed by atoms with Gasteiger partial charge < -0.3 is 10.2 Å². The van der Waals surface area contributed by atoms with E-state index in [2.05, 4.69) is 15.3 Å². The third-order valence-electron chi connectivity index (χ3n) is 4.94. The summed E-state index contributed by atoms with van der Waals surface area (Å²) in [7, 11) is 1.69. The second kappa shape index (κ2) is 5.42. The highest BCUT2D eigenvalue weighted by Crippen LogP contribution is 2.49. The van der Waals surface area contributed by atoms with Gasteiger partial charge in [-0.15, -0.1) is 0 Å². The highest BCUT2D eigenvalue weighted by Gasteiger charge is 2.51. The van der Waals surface area contributed by atoms with E-state index < -0.39 is 0 Å². The van der Waals surface area contributed by atoms with Gasteiger partial charge in [-0.3, -0.25) is 9.59 Å². The fourth-order valence-electron chi connectivity index (χ4n) is 3.86. The van der Waals surface area contributed by atoms with E-state index >= 15 is 0 Å². The van der Waals surface area contributed by atoms with Crippen molar-refractivity contribution in [3.05, 3.63) is 24.3 Å². The Balaban J connectivity index is 1.76. The number of amides is 2. The Hall–Kier alpha value is -1.98. The monoisotopic (exact) mass is 288 g/mol. The smallest absolute Gasteiger partial charge is 0.272 e. The van der Waals surface area contributed by atoms with Crippen molar-refractivity contribution in [2.24, 2.45) is 11.3 Å². The van der Waals surface area contributed by atoms with E-state index in [1.165, 1.54) is 6.33 Å². The van der Waals surface area contributed by atoms with Crippen LogP contribution in [-0.4, -0.2) is 46.8 Å². The van der Waals surface area contributed by atoms with Gasteiger partial charge in [-0.2, -0.15) is 0 Å². The first-order chi connectivity index (χ1) is 10.2. The molecule has 2 aliphatic rings. The molecule has 0 aromatic carbocycles. The van der Waals surface area contributed by atoms with E-state index in [0.29, 0.717) is 18.8 Å². The summed E-state index contributed by atoms with van der Waals surface area (Å²) >= 11 is 0. The number of nitrogens with one attached hydrogen (secondary N) is 1. The largest absolute Gasteiger partial charge is 0.359 e. The molecule has 1 aliphatic carbocycles. The molecule has 1 saturated carbocycles. The number of rotatable bonds is 2. The van der Waals surface area contributed by atoms with Gasteiger partial charge in [0.1, 0.15) is 12.0 Å². The van der Waals surface area contributed by atoms with E-state index in [-0.39, 0.29) is 23.1 Å². The molecule has 2 fully saturated rings. The van der Waals surface area contributed by atoms with Gasteiger partial charge in [-0.1, -0.05) is 6.42 Å². The molecule has 1 spiro atoms. The molecule has 1 aromatic heterocycles. The van der Waals surface area contributed by atoms with Crippen molar-refractivity contribution >= 4 is 11.8 Å². The standard InChI is InChI=1S/C15H20N4O2/c1-16-13(20)11-3-2-5-15(11)6-8-19(9-15)14(21)12-4-7-17-10-18-12/h4,7,10-11H,2-3,5-6,8-9H2,1H3,(H,16,20)/t11-,15-/m1/s1. The summed E-state index contributed by atoms with van der Waals surface area (Å²) in [6.07, 6.45) is 6.89. The fraction of sp³-hybridized carbons (Fsp3) is 0.600. The average molecular weight is 288 g/mol. The molecule has 1 aromatic rings. The molecule has 2 heterocycles. The van der Waals surface area contributed by atoms with Gasteiger partial charge in [-0.25, -0.2) is 9.97 Å². The lowest BCUT2D eigenvalue weighted by Crippen LogP contribution is -2.40. The van der Waals surface area contributed by atoms with Gasteiger partial charge in [0.15, 0.2) is 0 Å². The van der Waals surface area contributed by atoms with Crippen LogP contribution in [0.25, 0.3) is 0 Å². The maximum Gasteiger partial charge on any atom is 0.272 e. The van der Waals surface area contributed by atoms with Gasteiger partial charge >= 0.3 is 0 Å². The summed E-state index contributed by atoms with van der Waals surface area (Å²) < 4.78 is 0. The topological polar surface area (TPSA) is 75.2 Å².